The van der Waals surface area contributed by atoms with E-state index in [4.69, 9.17) is 4.74 Å². The highest BCUT2D eigenvalue weighted by Crippen LogP contribution is 2.23. The number of hydrogen-bond acceptors (Lipinski definition) is 4. The number of ether oxygens (including phenoxy) is 1. The standard InChI is InChI=1S/C22H29N3O2/c1-24(2)14-15-27-21-11-7-6-10-20(21)22(26)23-16-18-12-13-25(17-18)19-8-4-3-5-9-19/h3-11,18H,12-17H2,1-2H3,(H,23,26). The number of nitrogens with one attached hydrogen (secondary N) is 1. The summed E-state index contributed by atoms with van der Waals surface area (Å²) in [5, 5.41) is 3.10. The van der Waals surface area contributed by atoms with E-state index in [1.807, 2.05) is 44.4 Å². The summed E-state index contributed by atoms with van der Waals surface area (Å²) in [6.07, 6.45) is 1.09. The van der Waals surface area contributed by atoms with E-state index in [1.165, 1.54) is 5.69 Å². The van der Waals surface area contributed by atoms with Crippen molar-refractivity contribution in [1.82, 2.24) is 10.2 Å². The molecule has 0 aromatic heterocycles. The van der Waals surface area contributed by atoms with Crippen molar-refractivity contribution in [1.29, 1.82) is 0 Å². The zero-order chi connectivity index (χ0) is 19.1. The Morgan fingerprint density at radius 2 is 1.89 bits per heavy atom. The van der Waals surface area contributed by atoms with Gasteiger partial charge in [0.25, 0.3) is 5.91 Å². The van der Waals surface area contributed by atoms with Gasteiger partial charge in [0.05, 0.1) is 5.56 Å². The maximum absolute atomic E-state index is 12.7. The predicted molar refractivity (Wildman–Crippen MR) is 110 cm³/mol. The van der Waals surface area contributed by atoms with Crippen molar-refractivity contribution in [2.45, 2.75) is 6.42 Å². The zero-order valence-electron chi connectivity index (χ0n) is 16.2. The van der Waals surface area contributed by atoms with Crippen LogP contribution in [0, 0.1) is 5.92 Å². The van der Waals surface area contributed by atoms with E-state index in [2.05, 4.69) is 39.4 Å². The van der Waals surface area contributed by atoms with E-state index in [9.17, 15) is 4.79 Å². The lowest BCUT2D eigenvalue weighted by atomic mass is 10.1. The van der Waals surface area contributed by atoms with Crippen molar-refractivity contribution < 1.29 is 9.53 Å². The molecule has 3 rings (SSSR count). The number of hydrogen-bond donors (Lipinski definition) is 1. The van der Waals surface area contributed by atoms with Crippen molar-refractivity contribution in [3.05, 3.63) is 60.2 Å². The molecule has 1 unspecified atom stereocenters. The molecular weight excluding hydrogens is 338 g/mol. The molecular formula is C22H29N3O2. The van der Waals surface area contributed by atoms with Gasteiger partial charge in [-0.3, -0.25) is 4.79 Å². The molecule has 5 nitrogen and oxygen atoms in total. The molecule has 1 aliphatic rings. The summed E-state index contributed by atoms with van der Waals surface area (Å²) in [5.74, 6) is 1.05. The Hall–Kier alpha value is -2.53. The largest absolute Gasteiger partial charge is 0.491 e. The molecule has 0 aliphatic carbocycles. The van der Waals surface area contributed by atoms with Gasteiger partial charge in [-0.15, -0.1) is 0 Å². The van der Waals surface area contributed by atoms with Gasteiger partial charge in [0.1, 0.15) is 12.4 Å². The molecule has 144 valence electrons. The maximum Gasteiger partial charge on any atom is 0.255 e. The van der Waals surface area contributed by atoms with E-state index >= 15 is 0 Å². The van der Waals surface area contributed by atoms with Crippen molar-refractivity contribution >= 4 is 11.6 Å². The molecule has 1 N–H and O–H groups in total. The van der Waals surface area contributed by atoms with Gasteiger partial charge < -0.3 is 19.9 Å². The highest BCUT2D eigenvalue weighted by atomic mass is 16.5. The first kappa shape index (κ1) is 19.2. The minimum Gasteiger partial charge on any atom is -0.491 e. The topological polar surface area (TPSA) is 44.8 Å². The smallest absolute Gasteiger partial charge is 0.255 e. The van der Waals surface area contributed by atoms with Crippen molar-refractivity contribution in [3.8, 4) is 5.75 Å². The Labute approximate surface area is 161 Å². The molecule has 1 atom stereocenters. The Balaban J connectivity index is 1.51. The van der Waals surface area contributed by atoms with Crippen LogP contribution in [0.3, 0.4) is 0 Å². The quantitative estimate of drug-likeness (QED) is 0.779. The Kier molecular flexibility index (Phi) is 6.71. The maximum atomic E-state index is 12.7. The minimum absolute atomic E-state index is 0.0615. The second-order valence-electron chi connectivity index (χ2n) is 7.29. The Morgan fingerprint density at radius 1 is 1.15 bits per heavy atom. The van der Waals surface area contributed by atoms with Crippen LogP contribution in [-0.4, -0.2) is 57.7 Å². The monoisotopic (exact) mass is 367 g/mol. The fourth-order valence-corrected chi connectivity index (χ4v) is 3.32. The fourth-order valence-electron chi connectivity index (χ4n) is 3.32. The van der Waals surface area contributed by atoms with Gasteiger partial charge in [-0.2, -0.15) is 0 Å². The van der Waals surface area contributed by atoms with Crippen LogP contribution in [0.15, 0.2) is 54.6 Å². The number of likely N-dealkylation sites (N-methyl/N-ethyl adjacent to an activating group) is 1. The molecule has 0 spiro atoms. The highest BCUT2D eigenvalue weighted by Gasteiger charge is 2.23. The molecule has 0 bridgehead atoms. The van der Waals surface area contributed by atoms with Gasteiger partial charge in [-0.1, -0.05) is 30.3 Å². The molecule has 2 aromatic carbocycles. The van der Waals surface area contributed by atoms with Crippen LogP contribution in [0.1, 0.15) is 16.8 Å². The molecule has 0 radical (unpaired) electrons. The summed E-state index contributed by atoms with van der Waals surface area (Å²) in [6, 6.07) is 17.9. The molecule has 2 aromatic rings. The Bertz CT molecular complexity index is 733. The fraction of sp³-hybridized carbons (Fsp3) is 0.409. The number of para-hydroxylation sites is 2. The van der Waals surface area contributed by atoms with Crippen molar-refractivity contribution in [2.24, 2.45) is 5.92 Å². The number of anilines is 1. The van der Waals surface area contributed by atoms with Gasteiger partial charge in [0, 0.05) is 31.9 Å². The van der Waals surface area contributed by atoms with Crippen LogP contribution in [-0.2, 0) is 0 Å². The van der Waals surface area contributed by atoms with Crippen LogP contribution in [0.25, 0.3) is 0 Å². The molecule has 1 heterocycles. The van der Waals surface area contributed by atoms with E-state index in [0.717, 1.165) is 26.1 Å². The van der Waals surface area contributed by atoms with Gasteiger partial charge in [0.15, 0.2) is 0 Å². The number of nitrogens with zero attached hydrogens (tertiary/aromatic N) is 2. The molecule has 1 fully saturated rings. The summed E-state index contributed by atoms with van der Waals surface area (Å²) in [6.45, 7) is 4.08. The highest BCUT2D eigenvalue weighted by molar-refractivity contribution is 5.96. The van der Waals surface area contributed by atoms with Crippen molar-refractivity contribution in [2.75, 3.05) is 51.8 Å². The molecule has 1 amide bonds. The first-order valence-corrected chi connectivity index (χ1v) is 9.58. The van der Waals surface area contributed by atoms with Gasteiger partial charge >= 0.3 is 0 Å². The van der Waals surface area contributed by atoms with Gasteiger partial charge in [0.2, 0.25) is 0 Å². The van der Waals surface area contributed by atoms with Crippen LogP contribution >= 0.6 is 0 Å². The van der Waals surface area contributed by atoms with Crippen molar-refractivity contribution in [3.63, 3.8) is 0 Å². The van der Waals surface area contributed by atoms with E-state index in [-0.39, 0.29) is 5.91 Å². The summed E-state index contributed by atoms with van der Waals surface area (Å²) >= 11 is 0. The zero-order valence-corrected chi connectivity index (χ0v) is 16.2. The summed E-state index contributed by atoms with van der Waals surface area (Å²) < 4.78 is 5.81. The second kappa shape index (κ2) is 9.42. The van der Waals surface area contributed by atoms with E-state index in [1.54, 1.807) is 0 Å². The lowest BCUT2D eigenvalue weighted by molar-refractivity contribution is 0.0944. The lowest BCUT2D eigenvalue weighted by Gasteiger charge is -2.19. The molecule has 1 aliphatic heterocycles. The third kappa shape index (κ3) is 5.47. The SMILES string of the molecule is CN(C)CCOc1ccccc1C(=O)NCC1CCN(c2ccccc2)C1. The van der Waals surface area contributed by atoms with Gasteiger partial charge in [-0.25, -0.2) is 0 Å². The number of rotatable bonds is 8. The van der Waals surface area contributed by atoms with Gasteiger partial charge in [-0.05, 0) is 50.7 Å². The summed E-state index contributed by atoms with van der Waals surface area (Å²) in [7, 11) is 4.00. The Morgan fingerprint density at radius 3 is 2.67 bits per heavy atom. The van der Waals surface area contributed by atoms with E-state index < -0.39 is 0 Å². The number of benzene rings is 2. The summed E-state index contributed by atoms with van der Waals surface area (Å²) in [5.41, 5.74) is 1.86. The molecule has 5 heteroatoms. The van der Waals surface area contributed by atoms with Crippen LogP contribution in [0.4, 0.5) is 5.69 Å². The number of carbonyl (C=O) groups is 1. The second-order valence-corrected chi connectivity index (χ2v) is 7.29. The third-order valence-electron chi connectivity index (χ3n) is 4.89. The van der Waals surface area contributed by atoms with Crippen LogP contribution in [0.5, 0.6) is 5.75 Å². The first-order chi connectivity index (χ1) is 13.1. The predicted octanol–water partition coefficient (Wildman–Crippen LogP) is 2.88. The normalized spacial score (nSPS) is 16.6. The minimum atomic E-state index is -0.0615. The first-order valence-electron chi connectivity index (χ1n) is 9.58. The molecule has 1 saturated heterocycles. The van der Waals surface area contributed by atoms with E-state index in [0.29, 0.717) is 30.4 Å². The lowest BCUT2D eigenvalue weighted by Crippen LogP contribution is -2.31. The van der Waals surface area contributed by atoms with Crippen LogP contribution < -0.4 is 15.0 Å². The third-order valence-corrected chi connectivity index (χ3v) is 4.89. The summed E-state index contributed by atoms with van der Waals surface area (Å²) in [4.78, 5) is 17.1. The average molecular weight is 367 g/mol. The van der Waals surface area contributed by atoms with Crippen LogP contribution in [0.2, 0.25) is 0 Å². The average Bonchev–Trinajstić information content (AvgIpc) is 3.16. The molecule has 0 saturated carbocycles. The number of carbonyl (C=O) groups excluding carboxylic acids is 1. The number of amides is 1. The molecule has 27 heavy (non-hydrogen) atoms.